The zero-order valence-electron chi connectivity index (χ0n) is 11.5. The molecule has 6 nitrogen and oxygen atoms in total. The number of aromatic nitrogens is 3. The maximum absolute atomic E-state index is 9.23. The van der Waals surface area contributed by atoms with Crippen LogP contribution in [-0.4, -0.2) is 21.7 Å². The Bertz CT molecular complexity index is 818. The standard InChI is InChI=1S/C15H13N5O/c1-10-18-14(20-21-10)6-7-17-15-12(9-16)8-11-4-2-3-5-13(11)19-15/h2-5,8H,6-7H2,1H3,(H,17,19). The smallest absolute Gasteiger partial charge is 0.223 e. The van der Waals surface area contributed by atoms with Crippen LogP contribution in [0.1, 0.15) is 17.3 Å². The summed E-state index contributed by atoms with van der Waals surface area (Å²) in [6, 6.07) is 11.7. The number of benzene rings is 1. The minimum Gasteiger partial charge on any atom is -0.368 e. The molecule has 104 valence electrons. The monoisotopic (exact) mass is 279 g/mol. The molecule has 2 aromatic heterocycles. The molecule has 0 fully saturated rings. The van der Waals surface area contributed by atoms with Crippen molar-refractivity contribution < 1.29 is 4.52 Å². The first kappa shape index (κ1) is 13.1. The normalized spacial score (nSPS) is 10.5. The van der Waals surface area contributed by atoms with Gasteiger partial charge in [-0.25, -0.2) is 4.98 Å². The fourth-order valence-electron chi connectivity index (χ4n) is 2.07. The second kappa shape index (κ2) is 5.59. The number of aryl methyl sites for hydroxylation is 1. The van der Waals surface area contributed by atoms with Gasteiger partial charge in [0.25, 0.3) is 0 Å². The molecule has 0 saturated carbocycles. The van der Waals surface area contributed by atoms with Crippen LogP contribution in [0.5, 0.6) is 0 Å². The van der Waals surface area contributed by atoms with Gasteiger partial charge < -0.3 is 9.84 Å². The number of nitrogens with zero attached hydrogens (tertiary/aromatic N) is 4. The van der Waals surface area contributed by atoms with Crippen molar-refractivity contribution in [2.24, 2.45) is 0 Å². The molecule has 21 heavy (non-hydrogen) atoms. The lowest BCUT2D eigenvalue weighted by Crippen LogP contribution is -2.09. The number of rotatable bonds is 4. The Balaban J connectivity index is 1.78. The van der Waals surface area contributed by atoms with E-state index in [1.54, 1.807) is 6.92 Å². The summed E-state index contributed by atoms with van der Waals surface area (Å²) >= 11 is 0. The van der Waals surface area contributed by atoms with Crippen LogP contribution in [0.2, 0.25) is 0 Å². The van der Waals surface area contributed by atoms with Gasteiger partial charge in [-0.3, -0.25) is 0 Å². The zero-order chi connectivity index (χ0) is 14.7. The first-order valence-electron chi connectivity index (χ1n) is 6.59. The highest BCUT2D eigenvalue weighted by Gasteiger charge is 2.07. The van der Waals surface area contributed by atoms with Crippen molar-refractivity contribution in [1.82, 2.24) is 15.1 Å². The van der Waals surface area contributed by atoms with Crippen molar-refractivity contribution in [3.63, 3.8) is 0 Å². The van der Waals surface area contributed by atoms with Crippen LogP contribution in [0.15, 0.2) is 34.9 Å². The Morgan fingerprint density at radius 1 is 1.29 bits per heavy atom. The average Bonchev–Trinajstić information content (AvgIpc) is 2.92. The van der Waals surface area contributed by atoms with Gasteiger partial charge in [0.05, 0.1) is 11.1 Å². The molecule has 0 amide bonds. The molecule has 3 aromatic rings. The Morgan fingerprint density at radius 3 is 2.90 bits per heavy atom. The SMILES string of the molecule is Cc1nc(CCNc2nc3ccccc3cc2C#N)no1. The lowest BCUT2D eigenvalue weighted by Gasteiger charge is -2.07. The summed E-state index contributed by atoms with van der Waals surface area (Å²) < 4.78 is 4.91. The van der Waals surface area contributed by atoms with Crippen molar-refractivity contribution in [3.05, 3.63) is 47.6 Å². The van der Waals surface area contributed by atoms with Gasteiger partial charge in [0.15, 0.2) is 5.82 Å². The Hall–Kier alpha value is -2.94. The highest BCUT2D eigenvalue weighted by Crippen LogP contribution is 2.19. The van der Waals surface area contributed by atoms with Crippen LogP contribution in [0, 0.1) is 18.3 Å². The second-order valence-corrected chi connectivity index (χ2v) is 4.60. The quantitative estimate of drug-likeness (QED) is 0.789. The van der Waals surface area contributed by atoms with Gasteiger partial charge >= 0.3 is 0 Å². The van der Waals surface area contributed by atoms with E-state index in [4.69, 9.17) is 4.52 Å². The number of hydrogen-bond acceptors (Lipinski definition) is 6. The number of nitriles is 1. The van der Waals surface area contributed by atoms with E-state index < -0.39 is 0 Å². The molecule has 0 bridgehead atoms. The van der Waals surface area contributed by atoms with E-state index in [1.807, 2.05) is 30.3 Å². The van der Waals surface area contributed by atoms with E-state index in [0.717, 1.165) is 10.9 Å². The molecule has 0 saturated heterocycles. The van der Waals surface area contributed by atoms with E-state index >= 15 is 0 Å². The third-order valence-electron chi connectivity index (χ3n) is 3.06. The average molecular weight is 279 g/mol. The lowest BCUT2D eigenvalue weighted by atomic mass is 10.1. The molecular weight excluding hydrogens is 266 g/mol. The largest absolute Gasteiger partial charge is 0.368 e. The molecule has 0 atom stereocenters. The summed E-state index contributed by atoms with van der Waals surface area (Å²) in [4.78, 5) is 8.62. The first-order valence-corrected chi connectivity index (χ1v) is 6.59. The van der Waals surface area contributed by atoms with Crippen LogP contribution in [0.3, 0.4) is 0 Å². The Morgan fingerprint density at radius 2 is 2.14 bits per heavy atom. The number of para-hydroxylation sites is 1. The van der Waals surface area contributed by atoms with E-state index in [-0.39, 0.29) is 0 Å². The molecule has 0 spiro atoms. The lowest BCUT2D eigenvalue weighted by molar-refractivity contribution is 0.387. The van der Waals surface area contributed by atoms with Crippen LogP contribution < -0.4 is 5.32 Å². The zero-order valence-corrected chi connectivity index (χ0v) is 11.5. The fraction of sp³-hybridized carbons (Fsp3) is 0.200. The minimum atomic E-state index is 0.526. The molecule has 0 aliphatic heterocycles. The topological polar surface area (TPSA) is 87.6 Å². The number of anilines is 1. The first-order chi connectivity index (χ1) is 10.3. The summed E-state index contributed by atoms with van der Waals surface area (Å²) in [5.41, 5.74) is 1.38. The van der Waals surface area contributed by atoms with Gasteiger partial charge in [-0.05, 0) is 12.1 Å². The number of fused-ring (bicyclic) bond motifs is 1. The molecule has 3 rings (SSSR count). The van der Waals surface area contributed by atoms with E-state index in [1.165, 1.54) is 0 Å². The molecule has 6 heteroatoms. The molecule has 1 aromatic carbocycles. The third-order valence-corrected chi connectivity index (χ3v) is 3.06. The van der Waals surface area contributed by atoms with Crippen molar-refractivity contribution in [3.8, 4) is 6.07 Å². The van der Waals surface area contributed by atoms with Gasteiger partial charge in [-0.1, -0.05) is 23.4 Å². The maximum atomic E-state index is 9.23. The predicted octanol–water partition coefficient (Wildman–Crippen LogP) is 2.45. The van der Waals surface area contributed by atoms with Gasteiger partial charge in [-0.2, -0.15) is 10.2 Å². The van der Waals surface area contributed by atoms with Gasteiger partial charge in [0.1, 0.15) is 11.9 Å². The minimum absolute atomic E-state index is 0.526. The molecule has 1 N–H and O–H groups in total. The molecule has 2 heterocycles. The summed E-state index contributed by atoms with van der Waals surface area (Å²) in [7, 11) is 0. The van der Waals surface area contributed by atoms with E-state index in [9.17, 15) is 5.26 Å². The number of pyridine rings is 1. The third kappa shape index (κ3) is 2.82. The van der Waals surface area contributed by atoms with Crippen molar-refractivity contribution in [1.29, 1.82) is 5.26 Å². The number of nitrogens with one attached hydrogen (secondary N) is 1. The van der Waals surface area contributed by atoms with Gasteiger partial charge in [-0.15, -0.1) is 0 Å². The van der Waals surface area contributed by atoms with Crippen LogP contribution in [0.4, 0.5) is 5.82 Å². The fourth-order valence-corrected chi connectivity index (χ4v) is 2.07. The second-order valence-electron chi connectivity index (χ2n) is 4.60. The molecule has 0 aliphatic carbocycles. The summed E-state index contributed by atoms with van der Waals surface area (Å²) in [6.45, 7) is 2.33. The Labute approximate surface area is 121 Å². The predicted molar refractivity (Wildman–Crippen MR) is 77.7 cm³/mol. The molecule has 0 unspecified atom stereocenters. The van der Waals surface area contributed by atoms with Crippen molar-refractivity contribution >= 4 is 16.7 Å². The highest BCUT2D eigenvalue weighted by atomic mass is 16.5. The number of hydrogen-bond donors (Lipinski definition) is 1. The highest BCUT2D eigenvalue weighted by molar-refractivity contribution is 5.82. The summed E-state index contributed by atoms with van der Waals surface area (Å²) in [5.74, 6) is 1.77. The van der Waals surface area contributed by atoms with E-state index in [0.29, 0.717) is 36.1 Å². The van der Waals surface area contributed by atoms with Crippen molar-refractivity contribution in [2.45, 2.75) is 13.3 Å². The van der Waals surface area contributed by atoms with Crippen molar-refractivity contribution in [2.75, 3.05) is 11.9 Å². The van der Waals surface area contributed by atoms with Crippen LogP contribution >= 0.6 is 0 Å². The van der Waals surface area contributed by atoms with Crippen LogP contribution in [-0.2, 0) is 6.42 Å². The summed E-state index contributed by atoms with van der Waals surface area (Å²) in [5, 5.41) is 17.2. The van der Waals surface area contributed by atoms with Crippen LogP contribution in [0.25, 0.3) is 10.9 Å². The van der Waals surface area contributed by atoms with Gasteiger partial charge in [0, 0.05) is 25.3 Å². The molecule has 0 radical (unpaired) electrons. The molecular formula is C15H13N5O. The Kier molecular flexibility index (Phi) is 3.48. The van der Waals surface area contributed by atoms with E-state index in [2.05, 4.69) is 26.5 Å². The maximum Gasteiger partial charge on any atom is 0.223 e. The summed E-state index contributed by atoms with van der Waals surface area (Å²) in [6.07, 6.45) is 0.608. The van der Waals surface area contributed by atoms with Gasteiger partial charge in [0.2, 0.25) is 5.89 Å². The molecule has 0 aliphatic rings.